The molecule has 0 saturated carbocycles. The number of carbonyl (C=O) groups excluding carboxylic acids is 1. The molecule has 5 nitrogen and oxygen atoms in total. The van der Waals surface area contributed by atoms with E-state index in [2.05, 4.69) is 4.98 Å². The zero-order chi connectivity index (χ0) is 25.1. The smallest absolute Gasteiger partial charge is 0.395 e. The average Bonchev–Trinajstić information content (AvgIpc) is 3.38. The Kier molecular flexibility index (Phi) is 7.69. The minimum Gasteiger partial charge on any atom is -0.477 e. The molecular formula is C27H34F3N3O2. The Hall–Kier alpha value is -2.61. The van der Waals surface area contributed by atoms with Crippen LogP contribution in [0.25, 0.3) is 11.1 Å². The van der Waals surface area contributed by atoms with Crippen molar-refractivity contribution in [3.05, 3.63) is 48.2 Å². The van der Waals surface area contributed by atoms with Crippen molar-refractivity contribution in [2.75, 3.05) is 39.3 Å². The first-order valence-electron chi connectivity index (χ1n) is 12.4. The molecule has 0 spiro atoms. The summed E-state index contributed by atoms with van der Waals surface area (Å²) in [5.41, 5.74) is 0.928. The molecule has 2 fully saturated rings. The number of halogens is 3. The van der Waals surface area contributed by atoms with Crippen LogP contribution < -0.4 is 4.74 Å². The number of rotatable bonds is 7. The van der Waals surface area contributed by atoms with Crippen LogP contribution in [0.5, 0.6) is 5.88 Å². The third-order valence-electron chi connectivity index (χ3n) is 7.16. The van der Waals surface area contributed by atoms with Gasteiger partial charge in [-0.05, 0) is 82.3 Å². The predicted molar refractivity (Wildman–Crippen MR) is 129 cm³/mol. The largest absolute Gasteiger partial charge is 0.477 e. The van der Waals surface area contributed by atoms with Gasteiger partial charge >= 0.3 is 6.18 Å². The summed E-state index contributed by atoms with van der Waals surface area (Å²) in [6, 6.07) is 11.4. The molecule has 3 heterocycles. The van der Waals surface area contributed by atoms with Crippen molar-refractivity contribution in [1.29, 1.82) is 0 Å². The van der Waals surface area contributed by atoms with E-state index in [-0.39, 0.29) is 12.5 Å². The van der Waals surface area contributed by atoms with Gasteiger partial charge in [-0.25, -0.2) is 4.98 Å². The van der Waals surface area contributed by atoms with Gasteiger partial charge in [-0.15, -0.1) is 0 Å². The molecular weight excluding hydrogens is 455 g/mol. The van der Waals surface area contributed by atoms with E-state index in [1.165, 1.54) is 13.8 Å². The van der Waals surface area contributed by atoms with Crippen LogP contribution in [-0.4, -0.2) is 66.2 Å². The van der Waals surface area contributed by atoms with Gasteiger partial charge in [0.2, 0.25) is 5.88 Å². The van der Waals surface area contributed by atoms with Crippen molar-refractivity contribution in [1.82, 2.24) is 14.8 Å². The molecule has 2 aliphatic rings. The summed E-state index contributed by atoms with van der Waals surface area (Å²) in [5, 5.41) is 0. The van der Waals surface area contributed by atoms with Crippen LogP contribution in [-0.2, 0) is 0 Å². The number of alkyl halides is 3. The molecule has 2 saturated heterocycles. The van der Waals surface area contributed by atoms with Crippen LogP contribution in [0.1, 0.15) is 49.9 Å². The van der Waals surface area contributed by atoms with Gasteiger partial charge in [0, 0.05) is 43.0 Å². The number of hydrogen-bond acceptors (Lipinski definition) is 4. The number of carbonyl (C=O) groups is 1. The third-order valence-corrected chi connectivity index (χ3v) is 7.16. The topological polar surface area (TPSA) is 45.7 Å². The van der Waals surface area contributed by atoms with Gasteiger partial charge < -0.3 is 14.5 Å². The van der Waals surface area contributed by atoms with E-state index in [1.54, 1.807) is 6.20 Å². The van der Waals surface area contributed by atoms with E-state index in [9.17, 15) is 18.0 Å². The molecule has 0 unspecified atom stereocenters. The molecule has 1 aromatic carbocycles. The van der Waals surface area contributed by atoms with Crippen LogP contribution in [0, 0.1) is 11.3 Å². The van der Waals surface area contributed by atoms with Crippen molar-refractivity contribution in [2.45, 2.75) is 45.7 Å². The lowest BCUT2D eigenvalue weighted by atomic mass is 9.89. The van der Waals surface area contributed by atoms with Crippen molar-refractivity contribution in [3.8, 4) is 17.0 Å². The van der Waals surface area contributed by atoms with Gasteiger partial charge in [0.25, 0.3) is 5.91 Å². The molecule has 0 radical (unpaired) electrons. The van der Waals surface area contributed by atoms with Gasteiger partial charge in [-0.1, -0.05) is 12.1 Å². The van der Waals surface area contributed by atoms with E-state index in [4.69, 9.17) is 4.74 Å². The van der Waals surface area contributed by atoms with E-state index >= 15 is 0 Å². The molecule has 0 N–H and O–H groups in total. The van der Waals surface area contributed by atoms with E-state index in [0.717, 1.165) is 49.9 Å². The minimum atomic E-state index is -4.20. The first kappa shape index (κ1) is 25.5. The zero-order valence-electron chi connectivity index (χ0n) is 20.5. The number of piperidine rings is 1. The monoisotopic (exact) mass is 489 g/mol. The zero-order valence-corrected chi connectivity index (χ0v) is 20.5. The third kappa shape index (κ3) is 6.34. The van der Waals surface area contributed by atoms with Gasteiger partial charge in [0.15, 0.2) is 0 Å². The number of aromatic nitrogens is 1. The van der Waals surface area contributed by atoms with Gasteiger partial charge in [-0.3, -0.25) is 4.79 Å². The number of ether oxygens (including phenoxy) is 1. The van der Waals surface area contributed by atoms with Crippen LogP contribution >= 0.6 is 0 Å². The fourth-order valence-corrected chi connectivity index (χ4v) is 4.71. The Labute approximate surface area is 205 Å². The van der Waals surface area contributed by atoms with Gasteiger partial charge in [0.1, 0.15) is 0 Å². The van der Waals surface area contributed by atoms with Crippen molar-refractivity contribution in [3.63, 3.8) is 0 Å². The molecule has 8 heteroatoms. The predicted octanol–water partition coefficient (Wildman–Crippen LogP) is 5.66. The maximum atomic E-state index is 13.1. The highest BCUT2D eigenvalue weighted by Crippen LogP contribution is 2.38. The molecule has 1 amide bonds. The first-order chi connectivity index (χ1) is 16.6. The number of hydrogen-bond donors (Lipinski definition) is 0. The molecule has 2 aromatic rings. The quantitative estimate of drug-likeness (QED) is 0.503. The number of benzene rings is 1. The molecule has 35 heavy (non-hydrogen) atoms. The Morgan fingerprint density at radius 1 is 0.971 bits per heavy atom. The lowest BCUT2D eigenvalue weighted by Crippen LogP contribution is -2.46. The normalized spacial score (nSPS) is 18.1. The standard InChI is InChI=1S/C27H34F3N3O2/c1-26(2,27(28,29)30)19-32-15-11-20(12-16-32)18-35-24-10-9-23(17-31-24)21-5-7-22(8-6-21)25(34)33-13-3-4-14-33/h5-10,17,20H,3-4,11-16,18-19H2,1-2H3. The van der Waals surface area contributed by atoms with Gasteiger partial charge in [0.05, 0.1) is 12.0 Å². The van der Waals surface area contributed by atoms with Crippen LogP contribution in [0.15, 0.2) is 42.6 Å². The fraction of sp³-hybridized carbons (Fsp3) is 0.556. The van der Waals surface area contributed by atoms with Crippen molar-refractivity contribution in [2.24, 2.45) is 11.3 Å². The number of pyridine rings is 1. The molecule has 0 bridgehead atoms. The second-order valence-electron chi connectivity index (χ2n) is 10.4. The number of amides is 1. The molecule has 4 rings (SSSR count). The van der Waals surface area contributed by atoms with E-state index in [1.807, 2.05) is 46.2 Å². The highest BCUT2D eigenvalue weighted by atomic mass is 19.4. The maximum absolute atomic E-state index is 13.1. The molecule has 1 aromatic heterocycles. The molecule has 2 aliphatic heterocycles. The van der Waals surface area contributed by atoms with Crippen LogP contribution in [0.3, 0.4) is 0 Å². The SMILES string of the molecule is CC(C)(CN1CCC(COc2ccc(-c3ccc(C(=O)N4CCCC4)cc3)cn2)CC1)C(F)(F)F. The number of likely N-dealkylation sites (tertiary alicyclic amines) is 2. The Morgan fingerprint density at radius 2 is 1.60 bits per heavy atom. The summed E-state index contributed by atoms with van der Waals surface area (Å²) < 4.78 is 45.3. The maximum Gasteiger partial charge on any atom is 0.395 e. The van der Waals surface area contributed by atoms with E-state index in [0.29, 0.717) is 37.1 Å². The summed E-state index contributed by atoms with van der Waals surface area (Å²) in [7, 11) is 0. The first-order valence-corrected chi connectivity index (χ1v) is 12.4. The highest BCUT2D eigenvalue weighted by molar-refractivity contribution is 5.94. The Balaban J connectivity index is 1.24. The lowest BCUT2D eigenvalue weighted by molar-refractivity contribution is -0.217. The van der Waals surface area contributed by atoms with E-state index < -0.39 is 11.6 Å². The molecule has 0 atom stereocenters. The van der Waals surface area contributed by atoms with Crippen molar-refractivity contribution >= 4 is 5.91 Å². The van der Waals surface area contributed by atoms with Crippen LogP contribution in [0.4, 0.5) is 13.2 Å². The highest BCUT2D eigenvalue weighted by Gasteiger charge is 2.48. The summed E-state index contributed by atoms with van der Waals surface area (Å²) >= 11 is 0. The summed E-state index contributed by atoms with van der Waals surface area (Å²) in [6.07, 6.45) is 1.34. The Bertz CT molecular complexity index is 976. The number of nitrogens with zero attached hydrogens (tertiary/aromatic N) is 3. The average molecular weight is 490 g/mol. The second kappa shape index (κ2) is 10.6. The minimum absolute atomic E-state index is 0.0283. The summed E-state index contributed by atoms with van der Waals surface area (Å²) in [6.45, 7) is 6.03. The van der Waals surface area contributed by atoms with Crippen LogP contribution in [0.2, 0.25) is 0 Å². The second-order valence-corrected chi connectivity index (χ2v) is 10.4. The van der Waals surface area contributed by atoms with Crippen molar-refractivity contribution < 1.29 is 22.7 Å². The molecule has 190 valence electrons. The molecule has 0 aliphatic carbocycles. The summed E-state index contributed by atoms with van der Waals surface area (Å²) in [4.78, 5) is 20.7. The lowest BCUT2D eigenvalue weighted by Gasteiger charge is -2.38. The fourth-order valence-electron chi connectivity index (χ4n) is 4.71. The Morgan fingerprint density at radius 3 is 2.17 bits per heavy atom. The van der Waals surface area contributed by atoms with Gasteiger partial charge in [-0.2, -0.15) is 13.2 Å². The summed E-state index contributed by atoms with van der Waals surface area (Å²) in [5.74, 6) is 0.934.